The van der Waals surface area contributed by atoms with E-state index in [1.807, 2.05) is 12.1 Å². The van der Waals surface area contributed by atoms with Crippen molar-refractivity contribution >= 4 is 8.32 Å². The van der Waals surface area contributed by atoms with Crippen molar-refractivity contribution in [2.45, 2.75) is 58.0 Å². The highest BCUT2D eigenvalue weighted by Gasteiger charge is 2.37. The van der Waals surface area contributed by atoms with Crippen LogP contribution in [0.3, 0.4) is 0 Å². The summed E-state index contributed by atoms with van der Waals surface area (Å²) in [6, 6.07) is 6.93. The first-order valence-electron chi connectivity index (χ1n) is 9.54. The highest BCUT2D eigenvalue weighted by atomic mass is 28.4. The molecule has 28 heavy (non-hydrogen) atoms. The Morgan fingerprint density at radius 2 is 1.75 bits per heavy atom. The third-order valence-electron chi connectivity index (χ3n) is 5.81. The molecule has 2 aromatic rings. The number of aliphatic hydroxyl groups excluding tert-OH is 1. The van der Waals surface area contributed by atoms with E-state index in [2.05, 4.69) is 33.9 Å². The Labute approximate surface area is 166 Å². The summed E-state index contributed by atoms with van der Waals surface area (Å²) in [6.45, 7) is 11.8. The summed E-state index contributed by atoms with van der Waals surface area (Å²) < 4.78 is 39.3. The zero-order valence-corrected chi connectivity index (χ0v) is 18.1. The minimum atomic E-state index is -1.94. The highest BCUT2D eigenvalue weighted by molar-refractivity contribution is 6.74. The van der Waals surface area contributed by atoms with E-state index >= 15 is 0 Å². The molecule has 3 nitrogen and oxygen atoms in total. The van der Waals surface area contributed by atoms with Gasteiger partial charge in [-0.2, -0.15) is 0 Å². The standard InChI is InChI=1S/C22H28F2O3Si/c1-22(2,3)28(4,5)27-13-14-8-19(18-6-7-26-20(18)9-14)21(25)15-10-16(23)12-17(24)11-15/h8-12,21,25H,6-7,13H2,1-5H3. The molecule has 1 unspecified atom stereocenters. The molecule has 1 atom stereocenters. The maximum Gasteiger partial charge on any atom is 0.192 e. The lowest BCUT2D eigenvalue weighted by molar-refractivity contribution is 0.217. The molecule has 1 aliphatic heterocycles. The predicted octanol–water partition coefficient (Wildman–Crippen LogP) is 5.50. The van der Waals surface area contributed by atoms with Gasteiger partial charge in [-0.15, -0.1) is 0 Å². The van der Waals surface area contributed by atoms with Gasteiger partial charge in [0, 0.05) is 18.1 Å². The summed E-state index contributed by atoms with van der Waals surface area (Å²) in [5.74, 6) is -0.707. The van der Waals surface area contributed by atoms with Gasteiger partial charge in [-0.25, -0.2) is 8.78 Å². The molecule has 0 aliphatic carbocycles. The molecule has 2 aromatic carbocycles. The van der Waals surface area contributed by atoms with Crippen molar-refractivity contribution in [3.05, 3.63) is 64.2 Å². The zero-order chi connectivity index (χ0) is 20.7. The molecule has 0 fully saturated rings. The molecule has 0 radical (unpaired) electrons. The summed E-state index contributed by atoms with van der Waals surface area (Å²) >= 11 is 0. The Balaban J connectivity index is 1.93. The van der Waals surface area contributed by atoms with E-state index in [4.69, 9.17) is 9.16 Å². The SMILES string of the molecule is CC(C)(C)[Si](C)(C)OCc1cc2c(c(C(O)c3cc(F)cc(F)c3)c1)CCO2. The number of rotatable bonds is 5. The fourth-order valence-electron chi connectivity index (χ4n) is 3.11. The van der Waals surface area contributed by atoms with Crippen molar-refractivity contribution < 1.29 is 23.1 Å². The van der Waals surface area contributed by atoms with Crippen molar-refractivity contribution in [3.63, 3.8) is 0 Å². The fourth-order valence-corrected chi connectivity index (χ4v) is 4.07. The molecule has 6 heteroatoms. The quantitative estimate of drug-likeness (QED) is 0.666. The van der Waals surface area contributed by atoms with Gasteiger partial charge in [-0.05, 0) is 53.0 Å². The molecule has 0 bridgehead atoms. The molecular weight excluding hydrogens is 378 g/mol. The molecule has 3 rings (SSSR count). The molecular formula is C22H28F2O3Si. The molecule has 0 aromatic heterocycles. The highest BCUT2D eigenvalue weighted by Crippen LogP contribution is 2.39. The molecule has 1 aliphatic rings. The summed E-state index contributed by atoms with van der Waals surface area (Å²) in [6.07, 6.45) is -0.475. The second-order valence-electron chi connectivity index (χ2n) is 8.91. The van der Waals surface area contributed by atoms with E-state index in [-0.39, 0.29) is 10.6 Å². The van der Waals surface area contributed by atoms with Gasteiger partial charge >= 0.3 is 0 Å². The summed E-state index contributed by atoms with van der Waals surface area (Å²) in [5, 5.41) is 11.0. The van der Waals surface area contributed by atoms with Crippen molar-refractivity contribution in [1.82, 2.24) is 0 Å². The van der Waals surface area contributed by atoms with E-state index in [9.17, 15) is 13.9 Å². The van der Waals surface area contributed by atoms with Gasteiger partial charge in [0.05, 0.1) is 13.2 Å². The first-order valence-corrected chi connectivity index (χ1v) is 12.5. The minimum Gasteiger partial charge on any atom is -0.493 e. The van der Waals surface area contributed by atoms with Crippen LogP contribution in [0, 0.1) is 11.6 Å². The normalized spacial score (nSPS) is 15.3. The van der Waals surface area contributed by atoms with Crippen molar-refractivity contribution in [2.75, 3.05) is 6.61 Å². The fraction of sp³-hybridized carbons (Fsp3) is 0.455. The topological polar surface area (TPSA) is 38.7 Å². The van der Waals surface area contributed by atoms with Gasteiger partial charge in [0.2, 0.25) is 0 Å². The number of benzene rings is 2. The molecule has 1 heterocycles. The Bertz CT molecular complexity index is 855. The van der Waals surface area contributed by atoms with Gasteiger partial charge < -0.3 is 14.3 Å². The van der Waals surface area contributed by atoms with Crippen LogP contribution in [-0.4, -0.2) is 20.0 Å². The first-order chi connectivity index (χ1) is 13.0. The van der Waals surface area contributed by atoms with E-state index < -0.39 is 26.1 Å². The number of ether oxygens (including phenoxy) is 1. The molecule has 0 amide bonds. The Hall–Kier alpha value is -1.76. The maximum atomic E-state index is 13.6. The van der Waals surface area contributed by atoms with Gasteiger partial charge in [0.15, 0.2) is 8.32 Å². The summed E-state index contributed by atoms with van der Waals surface area (Å²) in [7, 11) is -1.94. The van der Waals surface area contributed by atoms with Crippen LogP contribution in [0.4, 0.5) is 8.78 Å². The van der Waals surface area contributed by atoms with Crippen LogP contribution in [0.15, 0.2) is 30.3 Å². The van der Waals surface area contributed by atoms with Crippen LogP contribution >= 0.6 is 0 Å². The third kappa shape index (κ3) is 4.29. The van der Waals surface area contributed by atoms with Crippen LogP contribution in [0.1, 0.15) is 49.1 Å². The predicted molar refractivity (Wildman–Crippen MR) is 108 cm³/mol. The molecule has 0 saturated carbocycles. The third-order valence-corrected chi connectivity index (χ3v) is 10.3. The van der Waals surface area contributed by atoms with Gasteiger partial charge in [0.25, 0.3) is 0 Å². The molecule has 0 saturated heterocycles. The van der Waals surface area contributed by atoms with Crippen molar-refractivity contribution in [2.24, 2.45) is 0 Å². The minimum absolute atomic E-state index is 0.0850. The van der Waals surface area contributed by atoms with Crippen molar-refractivity contribution in [3.8, 4) is 5.75 Å². The summed E-state index contributed by atoms with van der Waals surface area (Å²) in [5.41, 5.74) is 2.58. The Morgan fingerprint density at radius 3 is 2.36 bits per heavy atom. The van der Waals surface area contributed by atoms with Gasteiger partial charge in [-0.1, -0.05) is 26.8 Å². The first kappa shape index (κ1) is 21.0. The number of aliphatic hydroxyl groups is 1. The maximum absolute atomic E-state index is 13.6. The lowest BCUT2D eigenvalue weighted by atomic mass is 9.93. The lowest BCUT2D eigenvalue weighted by Crippen LogP contribution is -2.40. The number of hydrogen-bond donors (Lipinski definition) is 1. The second-order valence-corrected chi connectivity index (χ2v) is 13.7. The lowest BCUT2D eigenvalue weighted by Gasteiger charge is -2.36. The van der Waals surface area contributed by atoms with Gasteiger partial charge in [0.1, 0.15) is 23.5 Å². The van der Waals surface area contributed by atoms with E-state index in [1.165, 1.54) is 0 Å². The molecule has 152 valence electrons. The van der Waals surface area contributed by atoms with Crippen LogP contribution < -0.4 is 4.74 Å². The van der Waals surface area contributed by atoms with Crippen LogP contribution in [0.2, 0.25) is 18.1 Å². The average molecular weight is 407 g/mol. The van der Waals surface area contributed by atoms with Crippen molar-refractivity contribution in [1.29, 1.82) is 0 Å². The van der Waals surface area contributed by atoms with E-state index in [0.29, 0.717) is 30.9 Å². The summed E-state index contributed by atoms with van der Waals surface area (Å²) in [4.78, 5) is 0. The van der Waals surface area contributed by atoms with Gasteiger partial charge in [-0.3, -0.25) is 0 Å². The number of halogens is 2. The monoisotopic (exact) mass is 406 g/mol. The van der Waals surface area contributed by atoms with Crippen LogP contribution in [-0.2, 0) is 17.5 Å². The zero-order valence-electron chi connectivity index (χ0n) is 17.1. The Kier molecular flexibility index (Phi) is 5.67. The second kappa shape index (κ2) is 7.58. The average Bonchev–Trinajstić information content (AvgIpc) is 3.05. The number of hydrogen-bond acceptors (Lipinski definition) is 3. The van der Waals surface area contributed by atoms with E-state index in [0.717, 1.165) is 29.3 Å². The Morgan fingerprint density at radius 1 is 1.11 bits per heavy atom. The van der Waals surface area contributed by atoms with E-state index in [1.54, 1.807) is 0 Å². The molecule has 0 spiro atoms. The molecule has 1 N–H and O–H groups in total. The number of fused-ring (bicyclic) bond motifs is 1. The van der Waals surface area contributed by atoms with Crippen LogP contribution in [0.5, 0.6) is 5.75 Å². The largest absolute Gasteiger partial charge is 0.493 e. The smallest absolute Gasteiger partial charge is 0.192 e. The van der Waals surface area contributed by atoms with Crippen LogP contribution in [0.25, 0.3) is 0 Å².